The zero-order valence-electron chi connectivity index (χ0n) is 9.76. The van der Waals surface area contributed by atoms with Gasteiger partial charge in [-0.3, -0.25) is 9.71 Å². The van der Waals surface area contributed by atoms with Gasteiger partial charge in [0, 0.05) is 16.9 Å². The molecule has 0 aliphatic carbocycles. The normalized spacial score (nSPS) is 11.3. The molecule has 0 radical (unpaired) electrons. The molecule has 0 aromatic carbocycles. The summed E-state index contributed by atoms with van der Waals surface area (Å²) in [6.45, 7) is 1.67. The number of sulfonamides is 1. The second-order valence-electron chi connectivity index (χ2n) is 3.71. The van der Waals surface area contributed by atoms with Gasteiger partial charge in [0.1, 0.15) is 10.0 Å². The number of hydrogen-bond acceptors (Lipinski definition) is 4. The second-order valence-corrected chi connectivity index (χ2v) is 6.70. The summed E-state index contributed by atoms with van der Waals surface area (Å²) in [5.74, 6) is 0. The zero-order chi connectivity index (χ0) is 14.0. The molecule has 0 saturated carbocycles. The van der Waals surface area contributed by atoms with Crippen molar-refractivity contribution in [2.24, 2.45) is 0 Å². The molecule has 0 aliphatic heterocycles. The molecule has 0 bridgehead atoms. The number of nitrogens with one attached hydrogen (secondary N) is 1. The first-order valence-corrected chi connectivity index (χ1v) is 7.80. The van der Waals surface area contributed by atoms with Crippen molar-refractivity contribution < 1.29 is 8.42 Å². The van der Waals surface area contributed by atoms with Crippen molar-refractivity contribution in [1.82, 2.24) is 9.97 Å². The zero-order valence-corrected chi connectivity index (χ0v) is 12.9. The van der Waals surface area contributed by atoms with Crippen molar-refractivity contribution in [1.29, 1.82) is 0 Å². The minimum absolute atomic E-state index is 0.0659. The van der Waals surface area contributed by atoms with Crippen LogP contribution in [0.15, 0.2) is 40.0 Å². The smallest absolute Gasteiger partial charge is 0.263 e. The molecule has 0 atom stereocenters. The molecule has 2 heterocycles. The van der Waals surface area contributed by atoms with E-state index in [2.05, 4.69) is 30.6 Å². The number of hydrogen-bond donors (Lipinski definition) is 1. The third-order valence-corrected chi connectivity index (χ3v) is 4.26. The van der Waals surface area contributed by atoms with Gasteiger partial charge in [-0.05, 0) is 41.1 Å². The summed E-state index contributed by atoms with van der Waals surface area (Å²) in [7, 11) is -3.70. The number of halogens is 2. The van der Waals surface area contributed by atoms with E-state index in [4.69, 9.17) is 11.6 Å². The molecule has 2 aromatic rings. The van der Waals surface area contributed by atoms with E-state index >= 15 is 0 Å². The Labute approximate surface area is 124 Å². The van der Waals surface area contributed by atoms with Crippen LogP contribution < -0.4 is 4.72 Å². The van der Waals surface area contributed by atoms with Crippen LogP contribution in [0.1, 0.15) is 5.69 Å². The maximum atomic E-state index is 12.2. The van der Waals surface area contributed by atoms with Crippen molar-refractivity contribution in [3.8, 4) is 0 Å². The molecule has 2 aromatic heterocycles. The minimum Gasteiger partial charge on any atom is -0.278 e. The van der Waals surface area contributed by atoms with E-state index < -0.39 is 10.0 Å². The van der Waals surface area contributed by atoms with Gasteiger partial charge < -0.3 is 0 Å². The second kappa shape index (κ2) is 5.44. The Balaban J connectivity index is 2.36. The SMILES string of the molecule is Cc1nc(Cl)ccc1NS(=O)(=O)c1cncc(Br)c1. The van der Waals surface area contributed by atoms with Crippen LogP contribution in [0.5, 0.6) is 0 Å². The molecule has 1 N–H and O–H groups in total. The molecule has 0 spiro atoms. The van der Waals surface area contributed by atoms with E-state index in [-0.39, 0.29) is 4.90 Å². The topological polar surface area (TPSA) is 72.0 Å². The van der Waals surface area contributed by atoms with Gasteiger partial charge in [-0.25, -0.2) is 13.4 Å². The maximum Gasteiger partial charge on any atom is 0.263 e. The van der Waals surface area contributed by atoms with Crippen LogP contribution in [0.3, 0.4) is 0 Å². The van der Waals surface area contributed by atoms with E-state index in [9.17, 15) is 8.42 Å². The van der Waals surface area contributed by atoms with Gasteiger partial charge in [0.05, 0.1) is 11.4 Å². The first-order valence-electron chi connectivity index (χ1n) is 5.15. The van der Waals surface area contributed by atoms with Gasteiger partial charge in [-0.2, -0.15) is 0 Å². The Morgan fingerprint density at radius 1 is 1.32 bits per heavy atom. The Morgan fingerprint density at radius 2 is 2.05 bits per heavy atom. The lowest BCUT2D eigenvalue weighted by molar-refractivity contribution is 0.600. The summed E-state index contributed by atoms with van der Waals surface area (Å²) >= 11 is 8.90. The fourth-order valence-corrected chi connectivity index (χ4v) is 3.19. The Hall–Kier alpha value is -1.18. The van der Waals surface area contributed by atoms with E-state index in [1.54, 1.807) is 13.0 Å². The van der Waals surface area contributed by atoms with Crippen LogP contribution in [0.4, 0.5) is 5.69 Å². The van der Waals surface area contributed by atoms with Crippen LogP contribution in [-0.4, -0.2) is 18.4 Å². The predicted molar refractivity (Wildman–Crippen MR) is 76.7 cm³/mol. The summed E-state index contributed by atoms with van der Waals surface area (Å²) < 4.78 is 27.3. The Morgan fingerprint density at radius 3 is 2.68 bits per heavy atom. The summed E-state index contributed by atoms with van der Waals surface area (Å²) in [5, 5.41) is 0.310. The molecule has 0 amide bonds. The highest BCUT2D eigenvalue weighted by atomic mass is 79.9. The fourth-order valence-electron chi connectivity index (χ4n) is 1.38. The first-order chi connectivity index (χ1) is 8.88. The monoisotopic (exact) mass is 361 g/mol. The summed E-state index contributed by atoms with van der Waals surface area (Å²) in [5.41, 5.74) is 0.878. The minimum atomic E-state index is -3.70. The van der Waals surface area contributed by atoms with Crippen LogP contribution in [-0.2, 0) is 10.0 Å². The van der Waals surface area contributed by atoms with Gasteiger partial charge in [0.25, 0.3) is 10.0 Å². The molecule has 5 nitrogen and oxygen atoms in total. The summed E-state index contributed by atoms with van der Waals surface area (Å²) in [6.07, 6.45) is 2.78. The maximum absolute atomic E-state index is 12.2. The van der Waals surface area contributed by atoms with Crippen LogP contribution in [0.25, 0.3) is 0 Å². The number of aromatic nitrogens is 2. The molecule has 0 fully saturated rings. The largest absolute Gasteiger partial charge is 0.278 e. The summed E-state index contributed by atoms with van der Waals surface area (Å²) in [6, 6.07) is 4.55. The van der Waals surface area contributed by atoms with Crippen molar-refractivity contribution >= 4 is 43.2 Å². The highest BCUT2D eigenvalue weighted by molar-refractivity contribution is 9.10. The van der Waals surface area contributed by atoms with Crippen molar-refractivity contribution in [2.45, 2.75) is 11.8 Å². The average molecular weight is 363 g/mol. The van der Waals surface area contributed by atoms with Crippen molar-refractivity contribution in [3.63, 3.8) is 0 Å². The Bertz CT molecular complexity index is 722. The number of anilines is 1. The summed E-state index contributed by atoms with van der Waals surface area (Å²) in [4.78, 5) is 7.87. The van der Waals surface area contributed by atoms with Gasteiger partial charge in [0.15, 0.2) is 0 Å². The predicted octanol–water partition coefficient (Wildman–Crippen LogP) is 3.00. The van der Waals surface area contributed by atoms with Crippen molar-refractivity contribution in [2.75, 3.05) is 4.72 Å². The van der Waals surface area contributed by atoms with Crippen LogP contribution >= 0.6 is 27.5 Å². The quantitative estimate of drug-likeness (QED) is 0.852. The van der Waals surface area contributed by atoms with Gasteiger partial charge in [0.2, 0.25) is 0 Å². The number of rotatable bonds is 3. The molecule has 2 rings (SSSR count). The van der Waals surface area contributed by atoms with Crippen molar-refractivity contribution in [3.05, 3.63) is 45.9 Å². The standard InChI is InChI=1S/C11H9BrClN3O2S/c1-7-10(2-3-11(13)15-7)16-19(17,18)9-4-8(12)5-14-6-9/h2-6,16H,1H3. The highest BCUT2D eigenvalue weighted by Gasteiger charge is 2.16. The number of aryl methyl sites for hydroxylation is 1. The third-order valence-electron chi connectivity index (χ3n) is 2.29. The van der Waals surface area contributed by atoms with Crippen LogP contribution in [0, 0.1) is 6.92 Å². The van der Waals surface area contributed by atoms with E-state index in [1.807, 2.05) is 0 Å². The molecule has 0 saturated heterocycles. The van der Waals surface area contributed by atoms with E-state index in [0.717, 1.165) is 0 Å². The number of pyridine rings is 2. The lowest BCUT2D eigenvalue weighted by Gasteiger charge is -2.10. The van der Waals surface area contributed by atoms with Gasteiger partial charge in [-0.1, -0.05) is 11.6 Å². The lowest BCUT2D eigenvalue weighted by Crippen LogP contribution is -2.14. The molecule has 0 aliphatic rings. The third kappa shape index (κ3) is 3.43. The Kier molecular flexibility index (Phi) is 4.07. The van der Waals surface area contributed by atoms with Gasteiger partial charge >= 0.3 is 0 Å². The number of nitrogens with zero attached hydrogens (tertiary/aromatic N) is 2. The molecular weight excluding hydrogens is 354 g/mol. The van der Waals surface area contributed by atoms with Crippen LogP contribution in [0.2, 0.25) is 5.15 Å². The van der Waals surface area contributed by atoms with E-state index in [1.165, 1.54) is 24.5 Å². The average Bonchev–Trinajstić information content (AvgIpc) is 2.33. The van der Waals surface area contributed by atoms with Gasteiger partial charge in [-0.15, -0.1) is 0 Å². The first kappa shape index (κ1) is 14.2. The lowest BCUT2D eigenvalue weighted by atomic mass is 10.3. The molecule has 19 heavy (non-hydrogen) atoms. The molecule has 8 heteroatoms. The molecule has 100 valence electrons. The van der Waals surface area contributed by atoms with E-state index in [0.29, 0.717) is 21.0 Å². The molecular formula is C11H9BrClN3O2S. The molecule has 0 unspecified atom stereocenters. The highest BCUT2D eigenvalue weighted by Crippen LogP contribution is 2.21. The fraction of sp³-hybridized carbons (Fsp3) is 0.0909.